The highest BCUT2D eigenvalue weighted by Gasteiger charge is 2.24. The maximum atomic E-state index is 7.19. The van der Waals surface area contributed by atoms with E-state index in [0.717, 1.165) is 56.1 Å². The molecule has 6 aromatic rings. The van der Waals surface area contributed by atoms with Crippen molar-refractivity contribution >= 4 is 34.9 Å². The zero-order valence-corrected chi connectivity index (χ0v) is 27.0. The van der Waals surface area contributed by atoms with Crippen molar-refractivity contribution in [1.29, 1.82) is 0 Å². The molecule has 0 amide bonds. The first kappa shape index (κ1) is 31.3. The van der Waals surface area contributed by atoms with Gasteiger partial charge in [-0.3, -0.25) is 0 Å². The summed E-state index contributed by atoms with van der Waals surface area (Å²) in [4.78, 5) is 0. The predicted octanol–water partition coefficient (Wildman–Crippen LogP) is 12.0. The lowest BCUT2D eigenvalue weighted by atomic mass is 9.96. The molecule has 0 fully saturated rings. The molecular weight excluding hydrogens is 572 g/mol. The molecule has 232 valence electrons. The molecule has 0 aliphatic carbocycles. The number of rotatable bonds is 12. The molecule has 3 heteroatoms. The third-order valence-corrected chi connectivity index (χ3v) is 8.33. The Hall–Kier alpha value is -5.64. The van der Waals surface area contributed by atoms with Crippen LogP contribution in [0.1, 0.15) is 56.7 Å². The largest absolute Gasteiger partial charge is 0.356 e. The van der Waals surface area contributed by atoms with Crippen molar-refractivity contribution < 1.29 is 4.74 Å². The van der Waals surface area contributed by atoms with Crippen molar-refractivity contribution in [1.82, 2.24) is 0 Å². The van der Waals surface area contributed by atoms with Gasteiger partial charge in [0.1, 0.15) is 12.2 Å². The second-order valence-corrected chi connectivity index (χ2v) is 11.9. The van der Waals surface area contributed by atoms with Crippen LogP contribution in [-0.2, 0) is 4.74 Å². The summed E-state index contributed by atoms with van der Waals surface area (Å²) in [5, 5.41) is 7.03. The highest BCUT2D eigenvalue weighted by atomic mass is 16.5. The van der Waals surface area contributed by atoms with E-state index in [1.165, 1.54) is 11.1 Å². The lowest BCUT2D eigenvalue weighted by molar-refractivity contribution is 0.0309. The first-order valence-corrected chi connectivity index (χ1v) is 15.9. The van der Waals surface area contributed by atoms with E-state index in [1.54, 1.807) is 0 Å². The SMILES string of the molecule is C=Cc1ccc(C(OC(c2ccc(C=C)cc2)c2ccc(Nc3ccc(C)cc3)cc2)c2ccc(Nc3ccc(C)cc3)cc2)cc1. The fraction of sp³-hybridized carbons (Fsp3) is 0.0909. The summed E-state index contributed by atoms with van der Waals surface area (Å²) >= 11 is 0. The van der Waals surface area contributed by atoms with Gasteiger partial charge >= 0.3 is 0 Å². The van der Waals surface area contributed by atoms with Gasteiger partial charge in [-0.2, -0.15) is 0 Å². The Balaban J connectivity index is 1.34. The summed E-state index contributed by atoms with van der Waals surface area (Å²) in [6.45, 7) is 12.1. The Morgan fingerprint density at radius 3 is 0.936 bits per heavy atom. The number of hydrogen-bond donors (Lipinski definition) is 2. The summed E-state index contributed by atoms with van der Waals surface area (Å²) in [6.07, 6.45) is 3.08. The Labute approximate surface area is 278 Å². The molecule has 2 atom stereocenters. The lowest BCUT2D eigenvalue weighted by Gasteiger charge is -2.27. The van der Waals surface area contributed by atoms with Crippen molar-refractivity contribution in [3.05, 3.63) is 203 Å². The molecule has 0 spiro atoms. The molecule has 0 heterocycles. The van der Waals surface area contributed by atoms with Gasteiger partial charge in [-0.25, -0.2) is 0 Å². The van der Waals surface area contributed by atoms with Gasteiger partial charge in [0.25, 0.3) is 0 Å². The smallest absolute Gasteiger partial charge is 0.109 e. The first-order chi connectivity index (χ1) is 23.0. The molecule has 2 N–H and O–H groups in total. The number of nitrogens with one attached hydrogen (secondary N) is 2. The van der Waals surface area contributed by atoms with Gasteiger partial charge < -0.3 is 15.4 Å². The van der Waals surface area contributed by atoms with E-state index < -0.39 is 0 Å². The Morgan fingerprint density at radius 2 is 0.660 bits per heavy atom. The van der Waals surface area contributed by atoms with Crippen LogP contribution >= 0.6 is 0 Å². The van der Waals surface area contributed by atoms with Crippen LogP contribution in [0.25, 0.3) is 12.2 Å². The molecule has 0 aliphatic heterocycles. The number of benzene rings is 6. The van der Waals surface area contributed by atoms with Crippen LogP contribution in [0.3, 0.4) is 0 Å². The van der Waals surface area contributed by atoms with Crippen LogP contribution in [0.4, 0.5) is 22.7 Å². The van der Waals surface area contributed by atoms with E-state index in [9.17, 15) is 0 Å². The normalized spacial score (nSPS) is 12.1. The second kappa shape index (κ2) is 14.6. The third kappa shape index (κ3) is 7.96. The van der Waals surface area contributed by atoms with Crippen molar-refractivity contribution in [2.24, 2.45) is 0 Å². The molecule has 0 bridgehead atoms. The molecule has 6 rings (SSSR count). The molecule has 6 aromatic carbocycles. The fourth-order valence-electron chi connectivity index (χ4n) is 5.54. The molecular formula is C44H40N2O. The Bertz CT molecular complexity index is 1760. The van der Waals surface area contributed by atoms with Crippen molar-refractivity contribution in [2.45, 2.75) is 26.1 Å². The number of aryl methyl sites for hydroxylation is 2. The zero-order valence-electron chi connectivity index (χ0n) is 27.0. The molecule has 47 heavy (non-hydrogen) atoms. The van der Waals surface area contributed by atoms with E-state index in [0.29, 0.717) is 0 Å². The zero-order chi connectivity index (χ0) is 32.6. The maximum Gasteiger partial charge on any atom is 0.109 e. The Morgan fingerprint density at radius 1 is 0.404 bits per heavy atom. The van der Waals surface area contributed by atoms with Crippen LogP contribution in [-0.4, -0.2) is 0 Å². The first-order valence-electron chi connectivity index (χ1n) is 15.9. The summed E-state index contributed by atoms with van der Waals surface area (Å²) < 4.78 is 7.19. The quantitative estimate of drug-likeness (QED) is 0.144. The van der Waals surface area contributed by atoms with Crippen molar-refractivity contribution in [3.63, 3.8) is 0 Å². The van der Waals surface area contributed by atoms with Gasteiger partial charge in [-0.1, -0.05) is 133 Å². The highest BCUT2D eigenvalue weighted by Crippen LogP contribution is 2.37. The van der Waals surface area contributed by atoms with Crippen LogP contribution < -0.4 is 10.6 Å². The van der Waals surface area contributed by atoms with Gasteiger partial charge in [0, 0.05) is 22.7 Å². The van der Waals surface area contributed by atoms with Crippen LogP contribution in [0.2, 0.25) is 0 Å². The number of anilines is 4. The van der Waals surface area contributed by atoms with E-state index in [2.05, 4.69) is 183 Å². The molecule has 3 nitrogen and oxygen atoms in total. The third-order valence-electron chi connectivity index (χ3n) is 8.33. The van der Waals surface area contributed by atoms with Gasteiger partial charge in [-0.05, 0) is 95.8 Å². The van der Waals surface area contributed by atoms with Gasteiger partial charge in [0.05, 0.1) is 0 Å². The Kier molecular flexibility index (Phi) is 9.76. The summed E-state index contributed by atoms with van der Waals surface area (Å²) in [5.74, 6) is 0. The molecule has 0 aromatic heterocycles. The average Bonchev–Trinajstić information content (AvgIpc) is 3.12. The molecule has 2 unspecified atom stereocenters. The lowest BCUT2D eigenvalue weighted by Crippen LogP contribution is -2.13. The molecule has 0 radical (unpaired) electrons. The standard InChI is InChI=1S/C44H40N2O/c1-5-33-11-15-35(16-12-33)43(37-19-27-41(28-20-37)45-39-23-7-31(3)8-24-39)47-44(36-17-13-34(6-2)14-18-36)38-21-29-42(30-22-38)46-40-25-9-32(4)10-26-40/h5-30,43-46H,1-2H2,3-4H3. The van der Waals surface area contributed by atoms with Gasteiger partial charge in [0.2, 0.25) is 0 Å². The van der Waals surface area contributed by atoms with E-state index in [-0.39, 0.29) is 12.2 Å². The minimum atomic E-state index is -0.322. The fourth-order valence-corrected chi connectivity index (χ4v) is 5.54. The molecule has 0 saturated heterocycles. The van der Waals surface area contributed by atoms with Crippen LogP contribution in [0.15, 0.2) is 159 Å². The van der Waals surface area contributed by atoms with Gasteiger partial charge in [0.15, 0.2) is 0 Å². The van der Waals surface area contributed by atoms with Crippen molar-refractivity contribution in [2.75, 3.05) is 10.6 Å². The average molecular weight is 613 g/mol. The highest BCUT2D eigenvalue weighted by molar-refractivity contribution is 5.62. The van der Waals surface area contributed by atoms with E-state index in [4.69, 9.17) is 4.74 Å². The predicted molar refractivity (Wildman–Crippen MR) is 200 cm³/mol. The van der Waals surface area contributed by atoms with Gasteiger partial charge in [-0.15, -0.1) is 0 Å². The second-order valence-electron chi connectivity index (χ2n) is 11.9. The van der Waals surface area contributed by atoms with E-state index in [1.807, 2.05) is 12.2 Å². The van der Waals surface area contributed by atoms with Crippen LogP contribution in [0.5, 0.6) is 0 Å². The van der Waals surface area contributed by atoms with E-state index >= 15 is 0 Å². The molecule has 0 aliphatic rings. The monoisotopic (exact) mass is 612 g/mol. The summed E-state index contributed by atoms with van der Waals surface area (Å²) in [7, 11) is 0. The topological polar surface area (TPSA) is 33.3 Å². The maximum absolute atomic E-state index is 7.19. The summed E-state index contributed by atoms with van der Waals surface area (Å²) in [5.41, 5.74) is 13.0. The van der Waals surface area contributed by atoms with Crippen molar-refractivity contribution in [3.8, 4) is 0 Å². The minimum Gasteiger partial charge on any atom is -0.356 e. The number of hydrogen-bond acceptors (Lipinski definition) is 3. The minimum absolute atomic E-state index is 0.322. The summed E-state index contributed by atoms with van der Waals surface area (Å²) in [6, 6.07) is 50.8. The number of ether oxygens (including phenoxy) is 1. The van der Waals surface area contributed by atoms with Crippen LogP contribution in [0, 0.1) is 13.8 Å². The molecule has 0 saturated carbocycles.